The van der Waals surface area contributed by atoms with Gasteiger partial charge in [-0.05, 0) is 74.6 Å². The summed E-state index contributed by atoms with van der Waals surface area (Å²) in [6.07, 6.45) is 6.22. The number of amides is 1. The van der Waals surface area contributed by atoms with Gasteiger partial charge in [0, 0.05) is 19.0 Å². The number of benzene rings is 1. The van der Waals surface area contributed by atoms with Crippen LogP contribution in [-0.2, 0) is 11.2 Å². The maximum Gasteiger partial charge on any atom is 0.226 e. The van der Waals surface area contributed by atoms with Crippen LogP contribution in [0.5, 0.6) is 0 Å². The lowest BCUT2D eigenvalue weighted by Crippen LogP contribution is -2.41. The number of halogens is 2. The fourth-order valence-electron chi connectivity index (χ4n) is 4.73. The van der Waals surface area contributed by atoms with Gasteiger partial charge in [-0.1, -0.05) is 18.2 Å². The molecule has 1 aromatic carbocycles. The minimum atomic E-state index is -0.0955. The van der Waals surface area contributed by atoms with Gasteiger partial charge in [0.1, 0.15) is 5.82 Å². The highest BCUT2D eigenvalue weighted by atomic mass is 35.5. The van der Waals surface area contributed by atoms with Crippen molar-refractivity contribution in [1.82, 2.24) is 10.2 Å². The number of carbonyl (C=O) groups excluding carboxylic acids is 1. The van der Waals surface area contributed by atoms with E-state index < -0.39 is 0 Å². The van der Waals surface area contributed by atoms with Gasteiger partial charge < -0.3 is 10.2 Å². The lowest BCUT2D eigenvalue weighted by molar-refractivity contribution is -0.135. The highest BCUT2D eigenvalue weighted by Crippen LogP contribution is 2.59. The van der Waals surface area contributed by atoms with Crippen LogP contribution in [-0.4, -0.2) is 37.0 Å². The third kappa shape index (κ3) is 3.85. The maximum absolute atomic E-state index is 13.8. The number of carbonyl (C=O) groups is 1. The molecule has 2 saturated heterocycles. The van der Waals surface area contributed by atoms with Crippen molar-refractivity contribution in [3.05, 3.63) is 35.6 Å². The number of nitrogens with one attached hydrogen (secondary N) is 1. The molecule has 0 bridgehead atoms. The first-order valence-corrected chi connectivity index (χ1v) is 9.41. The topological polar surface area (TPSA) is 32.3 Å². The van der Waals surface area contributed by atoms with Crippen molar-refractivity contribution < 1.29 is 9.18 Å². The molecule has 2 aliphatic heterocycles. The Labute approximate surface area is 155 Å². The van der Waals surface area contributed by atoms with Crippen LogP contribution in [0.25, 0.3) is 0 Å². The Balaban J connectivity index is 0.00000182. The van der Waals surface area contributed by atoms with Gasteiger partial charge >= 0.3 is 0 Å². The van der Waals surface area contributed by atoms with Gasteiger partial charge in [0.2, 0.25) is 5.91 Å². The highest BCUT2D eigenvalue weighted by molar-refractivity contribution is 5.85. The number of hydrogen-bond acceptors (Lipinski definition) is 2. The van der Waals surface area contributed by atoms with Crippen LogP contribution in [0, 0.1) is 23.1 Å². The standard InChI is InChI=1S/C20H27FN2O.ClH/c21-18-4-2-1-3-16(18)13-15-5-11-23(12-6-15)19(24)17-14-20(17)7-9-22-10-8-20;/h1-4,15,17,22H,5-14H2;1H. The fourth-order valence-corrected chi connectivity index (χ4v) is 4.73. The molecular formula is C20H28ClFN2O. The molecule has 1 amide bonds. The molecule has 1 aromatic rings. The molecule has 3 nitrogen and oxygen atoms in total. The Morgan fingerprint density at radius 1 is 1.20 bits per heavy atom. The Morgan fingerprint density at radius 2 is 1.88 bits per heavy atom. The molecule has 0 aromatic heterocycles. The van der Waals surface area contributed by atoms with Gasteiger partial charge in [0.25, 0.3) is 0 Å². The van der Waals surface area contributed by atoms with Crippen LogP contribution in [0.2, 0.25) is 0 Å². The molecule has 4 rings (SSSR count). The molecule has 1 atom stereocenters. The van der Waals surface area contributed by atoms with Crippen LogP contribution >= 0.6 is 12.4 Å². The summed E-state index contributed by atoms with van der Waals surface area (Å²) in [5, 5.41) is 3.40. The zero-order valence-electron chi connectivity index (χ0n) is 14.7. The Hall–Kier alpha value is -1.13. The minimum Gasteiger partial charge on any atom is -0.342 e. The molecule has 2 heterocycles. The van der Waals surface area contributed by atoms with Crippen molar-refractivity contribution in [3.63, 3.8) is 0 Å². The summed E-state index contributed by atoms with van der Waals surface area (Å²) in [7, 11) is 0. The normalized spacial score (nSPS) is 25.5. The van der Waals surface area contributed by atoms with E-state index in [-0.39, 0.29) is 24.1 Å². The summed E-state index contributed by atoms with van der Waals surface area (Å²) in [6.45, 7) is 3.83. The van der Waals surface area contributed by atoms with E-state index in [9.17, 15) is 9.18 Å². The van der Waals surface area contributed by atoms with Gasteiger partial charge in [-0.3, -0.25) is 4.79 Å². The predicted molar refractivity (Wildman–Crippen MR) is 99.3 cm³/mol. The minimum absolute atomic E-state index is 0. The molecule has 1 unspecified atom stereocenters. The van der Waals surface area contributed by atoms with Crippen molar-refractivity contribution in [2.24, 2.45) is 17.3 Å². The van der Waals surface area contributed by atoms with E-state index in [4.69, 9.17) is 0 Å². The van der Waals surface area contributed by atoms with Gasteiger partial charge in [0.15, 0.2) is 0 Å². The zero-order chi connectivity index (χ0) is 16.6. The van der Waals surface area contributed by atoms with Crippen LogP contribution < -0.4 is 5.32 Å². The molecule has 5 heteroatoms. The van der Waals surface area contributed by atoms with E-state index in [1.54, 1.807) is 12.1 Å². The van der Waals surface area contributed by atoms with Crippen molar-refractivity contribution in [1.29, 1.82) is 0 Å². The molecule has 1 N–H and O–H groups in total. The van der Waals surface area contributed by atoms with Crippen molar-refractivity contribution in [2.45, 2.75) is 38.5 Å². The van der Waals surface area contributed by atoms with E-state index in [1.165, 1.54) is 0 Å². The van der Waals surface area contributed by atoms with Gasteiger partial charge in [-0.25, -0.2) is 4.39 Å². The summed E-state index contributed by atoms with van der Waals surface area (Å²) in [5.74, 6) is 1.07. The summed E-state index contributed by atoms with van der Waals surface area (Å²) >= 11 is 0. The summed E-state index contributed by atoms with van der Waals surface area (Å²) in [4.78, 5) is 14.9. The molecule has 138 valence electrons. The van der Waals surface area contributed by atoms with Gasteiger partial charge in [-0.15, -0.1) is 12.4 Å². The van der Waals surface area contributed by atoms with Crippen molar-refractivity contribution >= 4 is 18.3 Å². The van der Waals surface area contributed by atoms with Crippen LogP contribution in [0.4, 0.5) is 4.39 Å². The van der Waals surface area contributed by atoms with E-state index >= 15 is 0 Å². The Kier molecular flexibility index (Phi) is 5.69. The molecule has 1 aliphatic carbocycles. The predicted octanol–water partition coefficient (Wildman–Crippen LogP) is 3.42. The monoisotopic (exact) mass is 366 g/mol. The number of nitrogens with zero attached hydrogens (tertiary/aromatic N) is 1. The second kappa shape index (κ2) is 7.63. The van der Waals surface area contributed by atoms with Gasteiger partial charge in [0.05, 0.1) is 0 Å². The Bertz CT molecular complexity index is 609. The van der Waals surface area contributed by atoms with Crippen LogP contribution in [0.3, 0.4) is 0 Å². The largest absolute Gasteiger partial charge is 0.342 e. The summed E-state index contributed by atoms with van der Waals surface area (Å²) < 4.78 is 13.8. The summed E-state index contributed by atoms with van der Waals surface area (Å²) in [6, 6.07) is 7.08. The molecule has 3 aliphatic rings. The van der Waals surface area contributed by atoms with Crippen LogP contribution in [0.1, 0.15) is 37.7 Å². The second-order valence-electron chi connectivity index (χ2n) is 7.93. The second-order valence-corrected chi connectivity index (χ2v) is 7.93. The first kappa shape index (κ1) is 18.7. The summed E-state index contributed by atoms with van der Waals surface area (Å²) in [5.41, 5.74) is 1.14. The quantitative estimate of drug-likeness (QED) is 0.889. The average Bonchev–Trinajstić information content (AvgIpc) is 3.30. The number of hydrogen-bond donors (Lipinski definition) is 1. The molecular weight excluding hydrogens is 339 g/mol. The Morgan fingerprint density at radius 3 is 2.56 bits per heavy atom. The van der Waals surface area contributed by atoms with Gasteiger partial charge in [-0.2, -0.15) is 0 Å². The van der Waals surface area contributed by atoms with Crippen molar-refractivity contribution in [3.8, 4) is 0 Å². The zero-order valence-corrected chi connectivity index (χ0v) is 15.5. The molecule has 1 spiro atoms. The molecule has 0 radical (unpaired) electrons. The number of likely N-dealkylation sites (tertiary alicyclic amines) is 1. The fraction of sp³-hybridized carbons (Fsp3) is 0.650. The number of rotatable bonds is 3. The van der Waals surface area contributed by atoms with E-state index in [1.807, 2.05) is 12.1 Å². The van der Waals surface area contributed by atoms with E-state index in [2.05, 4.69) is 10.2 Å². The third-order valence-corrected chi connectivity index (χ3v) is 6.48. The lowest BCUT2D eigenvalue weighted by Gasteiger charge is -2.33. The molecule has 3 fully saturated rings. The maximum atomic E-state index is 13.8. The van der Waals surface area contributed by atoms with Crippen LogP contribution in [0.15, 0.2) is 24.3 Å². The van der Waals surface area contributed by atoms with E-state index in [0.717, 1.165) is 70.3 Å². The van der Waals surface area contributed by atoms with Crippen molar-refractivity contribution in [2.75, 3.05) is 26.2 Å². The first-order chi connectivity index (χ1) is 11.7. The number of piperidine rings is 2. The molecule has 25 heavy (non-hydrogen) atoms. The smallest absolute Gasteiger partial charge is 0.226 e. The average molecular weight is 367 g/mol. The SMILES string of the molecule is Cl.O=C(C1CC12CCNCC2)N1CCC(Cc2ccccc2F)CC1. The van der Waals surface area contributed by atoms with E-state index in [0.29, 0.717) is 17.2 Å². The first-order valence-electron chi connectivity index (χ1n) is 9.41. The highest BCUT2D eigenvalue weighted by Gasteiger charge is 2.58. The molecule has 1 saturated carbocycles. The third-order valence-electron chi connectivity index (χ3n) is 6.48. The lowest BCUT2D eigenvalue weighted by atomic mass is 9.89.